The van der Waals surface area contributed by atoms with Gasteiger partial charge >= 0.3 is 5.97 Å². The average Bonchev–Trinajstić information content (AvgIpc) is 2.97. The average molecular weight is 305 g/mol. The third-order valence-corrected chi connectivity index (χ3v) is 4.43. The van der Waals surface area contributed by atoms with Gasteiger partial charge in [-0.3, -0.25) is 20.3 Å². The molecule has 3 unspecified atom stereocenters. The van der Waals surface area contributed by atoms with Gasteiger partial charge in [0.15, 0.2) is 0 Å². The minimum Gasteiger partial charge on any atom is -0.460 e. The summed E-state index contributed by atoms with van der Waals surface area (Å²) in [4.78, 5) is 22.5. The number of nitro benzene ring substituents is 1. The van der Waals surface area contributed by atoms with Gasteiger partial charge in [0.25, 0.3) is 5.69 Å². The van der Waals surface area contributed by atoms with Gasteiger partial charge in [-0.05, 0) is 18.4 Å². The van der Waals surface area contributed by atoms with Crippen molar-refractivity contribution in [3.63, 3.8) is 0 Å². The normalized spacial score (nSPS) is 27.2. The van der Waals surface area contributed by atoms with Crippen LogP contribution in [0.5, 0.6) is 0 Å². The predicted molar refractivity (Wildman–Crippen MR) is 78.7 cm³/mol. The molecule has 1 aromatic carbocycles. The predicted octanol–water partition coefficient (Wildman–Crippen LogP) is 1.67. The maximum Gasteiger partial charge on any atom is 0.325 e. The maximum atomic E-state index is 12.2. The molecule has 1 heterocycles. The summed E-state index contributed by atoms with van der Waals surface area (Å²) in [5, 5.41) is 10.7. The van der Waals surface area contributed by atoms with Gasteiger partial charge in [0.1, 0.15) is 12.6 Å². The Bertz CT molecular complexity index is 578. The minimum atomic E-state index is -0.458. The number of nitro groups is 1. The lowest BCUT2D eigenvalue weighted by Gasteiger charge is -2.26. The molecular weight excluding hydrogens is 286 g/mol. The minimum absolute atomic E-state index is 0.00144. The molecule has 0 amide bonds. The first-order chi connectivity index (χ1) is 10.6. The molecule has 0 radical (unpaired) electrons. The molecule has 2 aliphatic rings. The van der Waals surface area contributed by atoms with Crippen molar-refractivity contribution < 1.29 is 14.5 Å². The second-order valence-corrected chi connectivity index (χ2v) is 5.86. The number of non-ortho nitro benzene ring substituents is 1. The fourth-order valence-corrected chi connectivity index (χ4v) is 3.28. The van der Waals surface area contributed by atoms with E-state index in [0.717, 1.165) is 19.3 Å². The van der Waals surface area contributed by atoms with E-state index in [-0.39, 0.29) is 30.2 Å². The van der Waals surface area contributed by atoms with Crippen molar-refractivity contribution >= 4 is 11.7 Å². The van der Waals surface area contributed by atoms with Crippen LogP contribution in [0.4, 0.5) is 5.69 Å². The smallest absolute Gasteiger partial charge is 0.325 e. The molecule has 3 atom stereocenters. The number of hydrogen-bond donors (Lipinski definition) is 2. The molecule has 2 N–H and O–H groups in total. The number of esters is 1. The molecule has 1 saturated carbocycles. The summed E-state index contributed by atoms with van der Waals surface area (Å²) in [6, 6.07) is 6.16. The first-order valence-electron chi connectivity index (χ1n) is 7.56. The molecular formula is C15H19N3O4. The largest absolute Gasteiger partial charge is 0.460 e. The summed E-state index contributed by atoms with van der Waals surface area (Å²) in [5.74, 6) is -0.0280. The molecule has 1 aliphatic heterocycles. The Morgan fingerprint density at radius 3 is 2.95 bits per heavy atom. The Balaban J connectivity index is 1.58. The molecule has 22 heavy (non-hydrogen) atoms. The topological polar surface area (TPSA) is 93.5 Å². The monoisotopic (exact) mass is 305 g/mol. The lowest BCUT2D eigenvalue weighted by atomic mass is 9.82. The van der Waals surface area contributed by atoms with E-state index in [9.17, 15) is 14.9 Å². The fourth-order valence-electron chi connectivity index (χ4n) is 3.28. The van der Waals surface area contributed by atoms with Crippen LogP contribution in [0.1, 0.15) is 31.2 Å². The number of nitrogens with one attached hydrogen (secondary N) is 2. The molecule has 1 aromatic rings. The summed E-state index contributed by atoms with van der Waals surface area (Å²) in [5.41, 5.74) is 6.82. The van der Waals surface area contributed by atoms with E-state index >= 15 is 0 Å². The summed E-state index contributed by atoms with van der Waals surface area (Å²) < 4.78 is 5.33. The Hall–Kier alpha value is -1.99. The Labute approximate surface area is 128 Å². The van der Waals surface area contributed by atoms with Crippen LogP contribution in [-0.2, 0) is 16.1 Å². The number of hydrazine groups is 1. The highest BCUT2D eigenvalue weighted by Crippen LogP contribution is 2.30. The van der Waals surface area contributed by atoms with Crippen LogP contribution in [0.25, 0.3) is 0 Å². The zero-order chi connectivity index (χ0) is 15.5. The van der Waals surface area contributed by atoms with Crippen LogP contribution in [0.3, 0.4) is 0 Å². The molecule has 7 heteroatoms. The van der Waals surface area contributed by atoms with Gasteiger partial charge in [0.05, 0.1) is 4.92 Å². The van der Waals surface area contributed by atoms with Crippen molar-refractivity contribution in [2.45, 2.75) is 44.4 Å². The van der Waals surface area contributed by atoms with E-state index in [2.05, 4.69) is 10.9 Å². The molecule has 118 valence electrons. The molecule has 0 spiro atoms. The molecule has 1 aliphatic carbocycles. The standard InChI is InChI=1S/C15H19N3O4/c19-15(14-12-6-1-2-7-13(12)16-17-14)22-9-10-4-3-5-11(8-10)18(20)21/h3-5,8,12-14,16-17H,1-2,6-7,9H2. The van der Waals surface area contributed by atoms with Gasteiger partial charge < -0.3 is 4.74 Å². The number of hydrogen-bond acceptors (Lipinski definition) is 6. The van der Waals surface area contributed by atoms with Gasteiger partial charge in [0.2, 0.25) is 0 Å². The van der Waals surface area contributed by atoms with Crippen molar-refractivity contribution in [3.05, 3.63) is 39.9 Å². The van der Waals surface area contributed by atoms with E-state index in [4.69, 9.17) is 4.74 Å². The van der Waals surface area contributed by atoms with Crippen molar-refractivity contribution in [2.75, 3.05) is 0 Å². The third kappa shape index (κ3) is 3.10. The van der Waals surface area contributed by atoms with E-state index in [0.29, 0.717) is 11.6 Å². The fraction of sp³-hybridized carbons (Fsp3) is 0.533. The lowest BCUT2D eigenvalue weighted by molar-refractivity contribution is -0.384. The SMILES string of the molecule is O=C(OCc1cccc([N+](=O)[O-])c1)C1NNC2CCCCC21. The number of carbonyl (C=O) groups is 1. The molecule has 3 rings (SSSR count). The summed E-state index contributed by atoms with van der Waals surface area (Å²) in [6.07, 6.45) is 4.41. The number of benzene rings is 1. The number of nitrogens with zero attached hydrogens (tertiary/aromatic N) is 1. The molecule has 7 nitrogen and oxygen atoms in total. The Morgan fingerprint density at radius 2 is 2.14 bits per heavy atom. The second-order valence-electron chi connectivity index (χ2n) is 5.86. The van der Waals surface area contributed by atoms with E-state index in [1.54, 1.807) is 12.1 Å². The zero-order valence-corrected chi connectivity index (χ0v) is 12.2. The highest BCUT2D eigenvalue weighted by atomic mass is 16.6. The van der Waals surface area contributed by atoms with Crippen LogP contribution < -0.4 is 10.9 Å². The number of rotatable bonds is 4. The molecule has 0 bridgehead atoms. The van der Waals surface area contributed by atoms with Crippen molar-refractivity contribution in [1.29, 1.82) is 0 Å². The first-order valence-corrected chi connectivity index (χ1v) is 7.56. The zero-order valence-electron chi connectivity index (χ0n) is 12.2. The Morgan fingerprint density at radius 1 is 1.32 bits per heavy atom. The van der Waals surface area contributed by atoms with Crippen LogP contribution >= 0.6 is 0 Å². The van der Waals surface area contributed by atoms with Crippen LogP contribution in [0.2, 0.25) is 0 Å². The molecule has 1 saturated heterocycles. The molecule has 0 aromatic heterocycles. The van der Waals surface area contributed by atoms with Gasteiger partial charge in [-0.1, -0.05) is 25.0 Å². The lowest BCUT2D eigenvalue weighted by Crippen LogP contribution is -2.39. The van der Waals surface area contributed by atoms with Crippen molar-refractivity contribution in [2.24, 2.45) is 5.92 Å². The van der Waals surface area contributed by atoms with Gasteiger partial charge in [-0.2, -0.15) is 0 Å². The van der Waals surface area contributed by atoms with Gasteiger partial charge in [0, 0.05) is 24.1 Å². The third-order valence-electron chi connectivity index (χ3n) is 4.43. The van der Waals surface area contributed by atoms with Gasteiger partial charge in [-0.25, -0.2) is 5.43 Å². The number of carbonyl (C=O) groups excluding carboxylic acids is 1. The maximum absolute atomic E-state index is 12.2. The van der Waals surface area contributed by atoms with Crippen LogP contribution in [-0.4, -0.2) is 23.0 Å². The highest BCUT2D eigenvalue weighted by molar-refractivity contribution is 5.76. The van der Waals surface area contributed by atoms with Gasteiger partial charge in [-0.15, -0.1) is 0 Å². The summed E-state index contributed by atoms with van der Waals surface area (Å²) in [6.45, 7) is 0.0517. The quantitative estimate of drug-likeness (QED) is 0.499. The second kappa shape index (κ2) is 6.41. The number of fused-ring (bicyclic) bond motifs is 1. The van der Waals surface area contributed by atoms with E-state index in [1.165, 1.54) is 18.6 Å². The highest BCUT2D eigenvalue weighted by Gasteiger charge is 2.41. The summed E-state index contributed by atoms with van der Waals surface area (Å²) >= 11 is 0. The van der Waals surface area contributed by atoms with E-state index < -0.39 is 4.92 Å². The number of ether oxygens (including phenoxy) is 1. The molecule has 2 fully saturated rings. The Kier molecular flexibility index (Phi) is 4.35. The van der Waals surface area contributed by atoms with Crippen molar-refractivity contribution in [1.82, 2.24) is 10.9 Å². The van der Waals surface area contributed by atoms with Crippen LogP contribution in [0, 0.1) is 16.0 Å². The first kappa shape index (κ1) is 14.9. The van der Waals surface area contributed by atoms with Crippen LogP contribution in [0.15, 0.2) is 24.3 Å². The van der Waals surface area contributed by atoms with Crippen molar-refractivity contribution in [3.8, 4) is 0 Å². The summed E-state index contributed by atoms with van der Waals surface area (Å²) in [7, 11) is 0. The van der Waals surface area contributed by atoms with E-state index in [1.807, 2.05) is 0 Å².